The highest BCUT2D eigenvalue weighted by atomic mass is 35.5. The van der Waals surface area contributed by atoms with Gasteiger partial charge in [0.1, 0.15) is 0 Å². The predicted octanol–water partition coefficient (Wildman–Crippen LogP) is 2.16. The first-order valence-electron chi connectivity index (χ1n) is 7.11. The molecule has 0 radical (unpaired) electrons. The van der Waals surface area contributed by atoms with Gasteiger partial charge in [-0.3, -0.25) is 9.69 Å². The molecule has 2 aliphatic rings. The summed E-state index contributed by atoms with van der Waals surface area (Å²) in [5.41, 5.74) is 1.84. The van der Waals surface area contributed by atoms with E-state index in [4.69, 9.17) is 11.6 Å². The normalized spacial score (nSPS) is 24.5. The van der Waals surface area contributed by atoms with Crippen LogP contribution in [0.15, 0.2) is 18.2 Å². The summed E-state index contributed by atoms with van der Waals surface area (Å²) in [4.78, 5) is 14.4. The molecule has 0 unspecified atom stereocenters. The summed E-state index contributed by atoms with van der Waals surface area (Å²) in [7, 11) is 0. The zero-order chi connectivity index (χ0) is 14.1. The number of hydrogen-bond donors (Lipinski definition) is 2. The molecule has 1 aromatic rings. The summed E-state index contributed by atoms with van der Waals surface area (Å²) < 4.78 is 0. The number of benzene rings is 1. The third-order valence-electron chi connectivity index (χ3n) is 4.29. The van der Waals surface area contributed by atoms with E-state index in [1.54, 1.807) is 6.07 Å². The Kier molecular flexibility index (Phi) is 5.49. The van der Waals surface area contributed by atoms with Crippen LogP contribution in [0.4, 0.5) is 5.69 Å². The van der Waals surface area contributed by atoms with Gasteiger partial charge in [-0.1, -0.05) is 11.6 Å². The number of amides is 1. The van der Waals surface area contributed by atoms with Crippen LogP contribution in [0.2, 0.25) is 5.02 Å². The lowest BCUT2D eigenvalue weighted by atomic mass is 10.0. The Bertz CT molecular complexity index is 512. The zero-order valence-corrected chi connectivity index (χ0v) is 13.6. The van der Waals surface area contributed by atoms with E-state index >= 15 is 0 Å². The van der Waals surface area contributed by atoms with E-state index in [0.717, 1.165) is 49.3 Å². The average molecular weight is 330 g/mol. The number of aryl methyl sites for hydroxylation is 1. The van der Waals surface area contributed by atoms with Crippen LogP contribution in [-0.2, 0) is 4.79 Å². The van der Waals surface area contributed by atoms with Crippen LogP contribution < -0.4 is 10.6 Å². The molecule has 21 heavy (non-hydrogen) atoms. The van der Waals surface area contributed by atoms with Crippen molar-refractivity contribution in [1.29, 1.82) is 0 Å². The second kappa shape index (κ2) is 6.97. The Morgan fingerprint density at radius 3 is 2.67 bits per heavy atom. The first-order chi connectivity index (χ1) is 9.61. The van der Waals surface area contributed by atoms with Crippen LogP contribution in [0.3, 0.4) is 0 Å². The Morgan fingerprint density at radius 1 is 1.38 bits per heavy atom. The number of likely N-dealkylation sites (tertiary alicyclic amines) is 1. The molecular weight excluding hydrogens is 309 g/mol. The molecule has 2 fully saturated rings. The fourth-order valence-corrected chi connectivity index (χ4v) is 3.47. The summed E-state index contributed by atoms with van der Waals surface area (Å²) in [5.74, 6) is 1.50. The number of hydrogen-bond acceptors (Lipinski definition) is 3. The molecule has 2 N–H and O–H groups in total. The van der Waals surface area contributed by atoms with E-state index in [2.05, 4.69) is 15.5 Å². The molecule has 1 aromatic carbocycles. The summed E-state index contributed by atoms with van der Waals surface area (Å²) in [6.07, 6.45) is 0. The molecule has 2 atom stereocenters. The third-order valence-corrected chi connectivity index (χ3v) is 4.53. The van der Waals surface area contributed by atoms with Crippen LogP contribution in [0.25, 0.3) is 0 Å². The molecule has 2 saturated heterocycles. The molecule has 116 valence electrons. The summed E-state index contributed by atoms with van der Waals surface area (Å²) in [6.45, 7) is 6.69. The van der Waals surface area contributed by atoms with E-state index in [1.807, 2.05) is 19.1 Å². The number of carbonyl (C=O) groups excluding carboxylic acids is 1. The quantitative estimate of drug-likeness (QED) is 0.893. The third kappa shape index (κ3) is 3.89. The molecule has 6 heteroatoms. The van der Waals surface area contributed by atoms with E-state index in [0.29, 0.717) is 11.6 Å². The van der Waals surface area contributed by atoms with Gasteiger partial charge in [0.2, 0.25) is 5.91 Å². The number of rotatable bonds is 3. The lowest BCUT2D eigenvalue weighted by molar-refractivity contribution is -0.117. The van der Waals surface area contributed by atoms with E-state index in [1.165, 1.54) is 0 Å². The second-order valence-corrected chi connectivity index (χ2v) is 6.32. The summed E-state index contributed by atoms with van der Waals surface area (Å²) in [6, 6.07) is 5.53. The Labute approximate surface area is 136 Å². The highest BCUT2D eigenvalue weighted by Crippen LogP contribution is 2.26. The van der Waals surface area contributed by atoms with Crippen molar-refractivity contribution in [2.45, 2.75) is 6.92 Å². The van der Waals surface area contributed by atoms with Crippen LogP contribution >= 0.6 is 24.0 Å². The Hall–Kier alpha value is -0.810. The second-order valence-electron chi connectivity index (χ2n) is 5.88. The zero-order valence-electron chi connectivity index (χ0n) is 12.1. The maximum absolute atomic E-state index is 12.1. The molecule has 2 aliphatic heterocycles. The van der Waals surface area contributed by atoms with Crippen molar-refractivity contribution in [3.8, 4) is 0 Å². The first kappa shape index (κ1) is 16.6. The van der Waals surface area contributed by atoms with Gasteiger partial charge in [-0.25, -0.2) is 0 Å². The lowest BCUT2D eigenvalue weighted by Gasteiger charge is -2.17. The predicted molar refractivity (Wildman–Crippen MR) is 88.4 cm³/mol. The molecule has 3 rings (SSSR count). The fraction of sp³-hybridized carbons (Fsp3) is 0.533. The van der Waals surface area contributed by atoms with E-state index in [9.17, 15) is 4.79 Å². The molecule has 1 amide bonds. The van der Waals surface area contributed by atoms with Gasteiger partial charge in [0.25, 0.3) is 0 Å². The standard InChI is InChI=1S/C15H20ClN3O.ClH/c1-10-4-13(16)2-3-14(10)18-15(20)9-19-7-11-5-17-6-12(11)8-19;/h2-4,11-12,17H,5-9H2,1H3,(H,18,20);1H/t11-,12+;. The first-order valence-corrected chi connectivity index (χ1v) is 7.48. The van der Waals surface area contributed by atoms with Gasteiger partial charge in [-0.15, -0.1) is 12.4 Å². The van der Waals surface area contributed by atoms with E-state index < -0.39 is 0 Å². The Morgan fingerprint density at radius 2 is 2.05 bits per heavy atom. The van der Waals surface area contributed by atoms with Crippen LogP contribution in [0.5, 0.6) is 0 Å². The molecule has 2 heterocycles. The minimum atomic E-state index is 0. The summed E-state index contributed by atoms with van der Waals surface area (Å²) >= 11 is 5.92. The van der Waals surface area contributed by atoms with Gasteiger partial charge in [0.05, 0.1) is 6.54 Å². The van der Waals surface area contributed by atoms with Crippen molar-refractivity contribution in [2.24, 2.45) is 11.8 Å². The maximum Gasteiger partial charge on any atom is 0.238 e. The van der Waals surface area contributed by atoms with Crippen LogP contribution in [0.1, 0.15) is 5.56 Å². The van der Waals surface area contributed by atoms with Crippen LogP contribution in [0, 0.1) is 18.8 Å². The number of nitrogens with zero attached hydrogens (tertiary/aromatic N) is 1. The summed E-state index contributed by atoms with van der Waals surface area (Å²) in [5, 5.41) is 7.08. The van der Waals surface area contributed by atoms with Gasteiger partial charge in [0.15, 0.2) is 0 Å². The monoisotopic (exact) mass is 329 g/mol. The van der Waals surface area contributed by atoms with Crippen LogP contribution in [-0.4, -0.2) is 43.5 Å². The van der Waals surface area contributed by atoms with Crippen molar-refractivity contribution in [3.63, 3.8) is 0 Å². The molecular formula is C15H21Cl2N3O. The van der Waals surface area contributed by atoms with Crippen molar-refractivity contribution in [2.75, 3.05) is 38.0 Å². The lowest BCUT2D eigenvalue weighted by Crippen LogP contribution is -2.33. The highest BCUT2D eigenvalue weighted by Gasteiger charge is 2.36. The SMILES string of the molecule is Cc1cc(Cl)ccc1NC(=O)CN1C[C@H]2CNC[C@H]2C1.Cl. The van der Waals surface area contributed by atoms with Crippen molar-refractivity contribution >= 4 is 35.6 Å². The van der Waals surface area contributed by atoms with Gasteiger partial charge in [-0.2, -0.15) is 0 Å². The van der Waals surface area contributed by atoms with Crippen molar-refractivity contribution in [3.05, 3.63) is 28.8 Å². The smallest absolute Gasteiger partial charge is 0.238 e. The van der Waals surface area contributed by atoms with Gasteiger partial charge >= 0.3 is 0 Å². The molecule has 4 nitrogen and oxygen atoms in total. The van der Waals surface area contributed by atoms with Gasteiger partial charge in [-0.05, 0) is 55.6 Å². The topological polar surface area (TPSA) is 44.4 Å². The molecule has 0 aliphatic carbocycles. The maximum atomic E-state index is 12.1. The number of nitrogens with one attached hydrogen (secondary N) is 2. The number of anilines is 1. The van der Waals surface area contributed by atoms with E-state index in [-0.39, 0.29) is 18.3 Å². The van der Waals surface area contributed by atoms with Crippen molar-refractivity contribution in [1.82, 2.24) is 10.2 Å². The number of halogens is 2. The number of carbonyl (C=O) groups is 1. The minimum Gasteiger partial charge on any atom is -0.325 e. The molecule has 0 spiro atoms. The Balaban J connectivity index is 0.00000161. The van der Waals surface area contributed by atoms with Crippen molar-refractivity contribution < 1.29 is 4.79 Å². The molecule has 0 aromatic heterocycles. The largest absolute Gasteiger partial charge is 0.325 e. The van der Waals surface area contributed by atoms with Gasteiger partial charge < -0.3 is 10.6 Å². The molecule has 0 saturated carbocycles. The number of fused-ring (bicyclic) bond motifs is 1. The minimum absolute atomic E-state index is 0. The molecule has 0 bridgehead atoms. The highest BCUT2D eigenvalue weighted by molar-refractivity contribution is 6.30. The average Bonchev–Trinajstić information content (AvgIpc) is 2.93. The fourth-order valence-electron chi connectivity index (χ4n) is 3.24. The van der Waals surface area contributed by atoms with Gasteiger partial charge in [0, 0.05) is 23.8 Å².